The first-order chi connectivity index (χ1) is 8.42. The molecule has 0 saturated carbocycles. The van der Waals surface area contributed by atoms with Gasteiger partial charge in [0.05, 0.1) is 5.71 Å². The lowest BCUT2D eigenvalue weighted by molar-refractivity contribution is -0.106. The van der Waals surface area contributed by atoms with Crippen molar-refractivity contribution in [2.45, 2.75) is 41.0 Å². The number of aryl methyl sites for hydroxylation is 1. The monoisotopic (exact) mass is 288 g/mol. The largest absolute Gasteiger partial charge is 0.372 e. The van der Waals surface area contributed by atoms with Crippen LogP contribution in [0, 0.1) is 5.92 Å². The maximum absolute atomic E-state index is 8.58. The first kappa shape index (κ1) is 19.5. The second-order valence-corrected chi connectivity index (χ2v) is 5.34. The van der Waals surface area contributed by atoms with Gasteiger partial charge in [-0.1, -0.05) is 27.7 Å². The number of hydrogen-bond acceptors (Lipinski definition) is 4. The van der Waals surface area contributed by atoms with Crippen LogP contribution in [0.5, 0.6) is 0 Å². The minimum absolute atomic E-state index is 0.250. The minimum Gasteiger partial charge on any atom is -0.372 e. The lowest BCUT2D eigenvalue weighted by Gasteiger charge is -1.89. The van der Waals surface area contributed by atoms with Crippen LogP contribution in [0.3, 0.4) is 0 Å². The van der Waals surface area contributed by atoms with E-state index in [0.717, 1.165) is 18.1 Å². The predicted octanol–water partition coefficient (Wildman–Crippen LogP) is 3.73. The summed E-state index contributed by atoms with van der Waals surface area (Å²) in [6.45, 7) is 10.6. The van der Waals surface area contributed by atoms with Crippen LogP contribution in [-0.2, 0) is 11.2 Å². The Morgan fingerprint density at radius 3 is 2.28 bits per heavy atom. The first-order valence-electron chi connectivity index (χ1n) is 5.84. The average Bonchev–Trinajstić information content (AvgIpc) is 2.77. The number of thiol groups is 1. The molecule has 18 heavy (non-hydrogen) atoms. The molecule has 1 aromatic heterocycles. The highest BCUT2D eigenvalue weighted by Gasteiger charge is 1.99. The average molecular weight is 288 g/mol. The van der Waals surface area contributed by atoms with Gasteiger partial charge in [-0.3, -0.25) is 4.79 Å². The van der Waals surface area contributed by atoms with E-state index in [9.17, 15) is 0 Å². The number of rotatable bonds is 2. The van der Waals surface area contributed by atoms with Crippen molar-refractivity contribution in [3.8, 4) is 0 Å². The topological polar surface area (TPSA) is 55.4 Å². The summed E-state index contributed by atoms with van der Waals surface area (Å²) in [5, 5.41) is 2.16. The molecule has 1 rings (SSSR count). The highest BCUT2D eigenvalue weighted by atomic mass is 32.1. The summed E-state index contributed by atoms with van der Waals surface area (Å²) in [6.07, 6.45) is 1.34. The van der Waals surface area contributed by atoms with Crippen molar-refractivity contribution in [1.82, 2.24) is 0 Å². The van der Waals surface area contributed by atoms with Crippen LogP contribution < -0.4 is 5.73 Å². The molecule has 0 fully saturated rings. The summed E-state index contributed by atoms with van der Waals surface area (Å²) in [6, 6.07) is 2.17. The van der Waals surface area contributed by atoms with Crippen molar-refractivity contribution >= 4 is 36.3 Å². The molecule has 104 valence electrons. The zero-order chi connectivity index (χ0) is 14.6. The summed E-state index contributed by atoms with van der Waals surface area (Å²) in [5.41, 5.74) is 6.54. The summed E-state index contributed by atoms with van der Waals surface area (Å²) in [5.74, 6) is 0.833. The Labute approximate surface area is 120 Å². The van der Waals surface area contributed by atoms with E-state index in [2.05, 4.69) is 62.1 Å². The van der Waals surface area contributed by atoms with E-state index >= 15 is 0 Å². The van der Waals surface area contributed by atoms with Gasteiger partial charge in [0.2, 0.25) is 6.41 Å². The molecule has 0 aliphatic heterocycles. The van der Waals surface area contributed by atoms with Crippen LogP contribution in [0.15, 0.2) is 15.8 Å². The van der Waals surface area contributed by atoms with E-state index in [4.69, 9.17) is 4.79 Å². The molecule has 0 spiro atoms. The Balaban J connectivity index is 0. The quantitative estimate of drug-likeness (QED) is 0.486. The highest BCUT2D eigenvalue weighted by molar-refractivity contribution is 7.79. The molecular weight excluding hydrogens is 264 g/mol. The summed E-state index contributed by atoms with van der Waals surface area (Å²) in [4.78, 5) is 9.80. The lowest BCUT2D eigenvalue weighted by atomic mass is 10.2. The van der Waals surface area contributed by atoms with Crippen molar-refractivity contribution in [3.63, 3.8) is 0 Å². The van der Waals surface area contributed by atoms with E-state index in [1.165, 1.54) is 10.4 Å². The number of nitrogens with two attached hydrogens (primary N) is 1. The van der Waals surface area contributed by atoms with Crippen molar-refractivity contribution < 1.29 is 4.79 Å². The second-order valence-electron chi connectivity index (χ2n) is 4.23. The van der Waals surface area contributed by atoms with Crippen LogP contribution in [0.1, 0.15) is 45.1 Å². The standard InChI is InChI=1S/C8H11NS2.C4H10.CH3NO/c1-3-7-4-8(11-5-7)6(2)9-10;1-4(2)3;2-1-3/h4-5,10H,3H2,1-2H3;4H,1-3H3;1H,(H2,2,3)/b9-6+;;. The Hall–Kier alpha value is -0.810. The molecule has 3 nitrogen and oxygen atoms in total. The first-order valence-corrected chi connectivity index (χ1v) is 7.12. The lowest BCUT2D eigenvalue weighted by Crippen LogP contribution is -1.86. The number of carbonyl (C=O) groups is 1. The number of amides is 1. The van der Waals surface area contributed by atoms with Gasteiger partial charge < -0.3 is 5.73 Å². The van der Waals surface area contributed by atoms with Crippen molar-refractivity contribution in [2.75, 3.05) is 0 Å². The number of primary amides is 1. The maximum Gasteiger partial charge on any atom is 0.204 e. The molecule has 0 bridgehead atoms. The van der Waals surface area contributed by atoms with E-state index in [1.54, 1.807) is 11.3 Å². The molecule has 0 unspecified atom stereocenters. The fourth-order valence-corrected chi connectivity index (χ4v) is 1.92. The molecule has 0 saturated heterocycles. The number of carbonyl (C=O) groups excluding carboxylic acids is 1. The van der Waals surface area contributed by atoms with Gasteiger partial charge in [-0.25, -0.2) is 4.40 Å². The summed E-state index contributed by atoms with van der Waals surface area (Å²) in [7, 11) is 0. The van der Waals surface area contributed by atoms with Gasteiger partial charge in [-0.2, -0.15) is 0 Å². The van der Waals surface area contributed by atoms with E-state index in [0.29, 0.717) is 0 Å². The van der Waals surface area contributed by atoms with Crippen LogP contribution in [0.2, 0.25) is 0 Å². The molecule has 0 aliphatic carbocycles. The zero-order valence-corrected chi connectivity index (χ0v) is 13.5. The molecule has 5 heteroatoms. The summed E-state index contributed by atoms with van der Waals surface area (Å²) >= 11 is 5.59. The van der Waals surface area contributed by atoms with E-state index in [1.807, 2.05) is 6.92 Å². The molecule has 2 N–H and O–H groups in total. The maximum atomic E-state index is 8.58. The predicted molar refractivity (Wildman–Crippen MR) is 85.7 cm³/mol. The third-order valence-electron chi connectivity index (χ3n) is 1.57. The van der Waals surface area contributed by atoms with Crippen LogP contribution >= 0.6 is 24.2 Å². The van der Waals surface area contributed by atoms with Crippen LogP contribution in [0.25, 0.3) is 0 Å². The van der Waals surface area contributed by atoms with Crippen LogP contribution in [0.4, 0.5) is 0 Å². The third-order valence-corrected chi connectivity index (χ3v) is 2.96. The molecular formula is C13H24N2OS2. The molecule has 1 heterocycles. The smallest absolute Gasteiger partial charge is 0.204 e. The number of thiophene rings is 1. The van der Waals surface area contributed by atoms with Gasteiger partial charge in [0.1, 0.15) is 0 Å². The summed E-state index contributed by atoms with van der Waals surface area (Å²) < 4.78 is 3.83. The minimum atomic E-state index is 0.250. The Morgan fingerprint density at radius 1 is 1.56 bits per heavy atom. The normalized spacial score (nSPS) is 10.1. The molecule has 0 atom stereocenters. The number of nitrogens with zero attached hydrogens (tertiary/aromatic N) is 1. The number of hydrogen-bond donors (Lipinski definition) is 2. The van der Waals surface area contributed by atoms with Crippen molar-refractivity contribution in [2.24, 2.45) is 16.0 Å². The van der Waals surface area contributed by atoms with Gasteiger partial charge in [0, 0.05) is 4.88 Å². The van der Waals surface area contributed by atoms with Crippen molar-refractivity contribution in [3.05, 3.63) is 21.9 Å². The Bertz CT molecular complexity index is 344. The molecule has 0 aromatic carbocycles. The fourth-order valence-electron chi connectivity index (χ4n) is 0.800. The van der Waals surface area contributed by atoms with Gasteiger partial charge in [-0.05, 0) is 49.1 Å². The van der Waals surface area contributed by atoms with Gasteiger partial charge in [0.15, 0.2) is 0 Å². The fraction of sp³-hybridized carbons (Fsp3) is 0.538. The van der Waals surface area contributed by atoms with E-state index in [-0.39, 0.29) is 6.41 Å². The Kier molecular flexibility index (Phi) is 13.7. The van der Waals surface area contributed by atoms with E-state index < -0.39 is 0 Å². The molecule has 0 aliphatic rings. The van der Waals surface area contributed by atoms with Gasteiger partial charge in [0.25, 0.3) is 0 Å². The SMILES string of the molecule is CC(C)C.CCc1csc(/C(C)=N/S)c1.NC=O. The molecule has 0 radical (unpaired) electrons. The van der Waals surface area contributed by atoms with Crippen LogP contribution in [-0.4, -0.2) is 12.1 Å². The molecule has 1 amide bonds. The van der Waals surface area contributed by atoms with Gasteiger partial charge >= 0.3 is 0 Å². The molecule has 1 aromatic rings. The van der Waals surface area contributed by atoms with Crippen molar-refractivity contribution in [1.29, 1.82) is 0 Å². The highest BCUT2D eigenvalue weighted by Crippen LogP contribution is 2.16. The zero-order valence-electron chi connectivity index (χ0n) is 11.8. The Morgan fingerprint density at radius 2 is 2.00 bits per heavy atom. The second kappa shape index (κ2) is 12.6. The van der Waals surface area contributed by atoms with Gasteiger partial charge in [-0.15, -0.1) is 11.3 Å². The third kappa shape index (κ3) is 11.7.